The molecule has 5 aromatic carbocycles. The van der Waals surface area contributed by atoms with Gasteiger partial charge in [0.25, 0.3) is 0 Å². The van der Waals surface area contributed by atoms with Crippen LogP contribution in [0.2, 0.25) is 0 Å². The predicted molar refractivity (Wildman–Crippen MR) is 229 cm³/mol. The molecule has 0 N–H and O–H groups in total. The average molecular weight is 719 g/mol. The quantitative estimate of drug-likeness (QED) is 0.171. The minimum absolute atomic E-state index is 0.00613. The van der Waals surface area contributed by atoms with Gasteiger partial charge in [-0.15, -0.1) is 0 Å². The van der Waals surface area contributed by atoms with Crippen molar-refractivity contribution in [2.45, 2.75) is 60.0 Å². The molecule has 0 amide bonds. The van der Waals surface area contributed by atoms with Crippen LogP contribution in [0.4, 0.5) is 5.69 Å². The third kappa shape index (κ3) is 6.20. The number of aromatic nitrogens is 2. The van der Waals surface area contributed by atoms with E-state index in [2.05, 4.69) is 203 Å². The van der Waals surface area contributed by atoms with Crippen molar-refractivity contribution < 1.29 is 4.74 Å². The van der Waals surface area contributed by atoms with Gasteiger partial charge in [0.1, 0.15) is 23.5 Å². The summed E-state index contributed by atoms with van der Waals surface area (Å²) in [7, 11) is 0. The van der Waals surface area contributed by atoms with E-state index >= 15 is 0 Å². The smallest absolute Gasteiger partial charge is 0.137 e. The monoisotopic (exact) mass is 718 g/mol. The number of pyridine rings is 1. The van der Waals surface area contributed by atoms with Gasteiger partial charge in [-0.05, 0) is 134 Å². The van der Waals surface area contributed by atoms with Crippen molar-refractivity contribution in [3.8, 4) is 28.4 Å². The van der Waals surface area contributed by atoms with Crippen molar-refractivity contribution in [3.63, 3.8) is 0 Å². The third-order valence-corrected chi connectivity index (χ3v) is 11.0. The number of benzene rings is 5. The highest BCUT2D eigenvalue weighted by molar-refractivity contribution is 6.09. The number of hydrogen-bond acceptors (Lipinski definition) is 4. The molecule has 0 radical (unpaired) electrons. The highest BCUT2D eigenvalue weighted by Gasteiger charge is 2.32. The fourth-order valence-electron chi connectivity index (χ4n) is 8.37. The van der Waals surface area contributed by atoms with E-state index < -0.39 is 0 Å². The first-order valence-corrected chi connectivity index (χ1v) is 19.1. The van der Waals surface area contributed by atoms with Crippen molar-refractivity contribution >= 4 is 33.2 Å². The van der Waals surface area contributed by atoms with Gasteiger partial charge in [0.15, 0.2) is 0 Å². The first-order valence-electron chi connectivity index (χ1n) is 19.1. The van der Waals surface area contributed by atoms with Gasteiger partial charge < -0.3 is 14.5 Å². The zero-order chi connectivity index (χ0) is 38.0. The van der Waals surface area contributed by atoms with Crippen molar-refractivity contribution in [3.05, 3.63) is 179 Å². The lowest BCUT2D eigenvalue weighted by atomic mass is 9.88. The summed E-state index contributed by atoms with van der Waals surface area (Å²) in [6.45, 7) is 15.4. The van der Waals surface area contributed by atoms with Crippen LogP contribution >= 0.6 is 0 Å². The maximum atomic E-state index is 6.95. The van der Waals surface area contributed by atoms with Crippen LogP contribution in [0.3, 0.4) is 0 Å². The van der Waals surface area contributed by atoms with Crippen molar-refractivity contribution in [2.24, 2.45) is 0 Å². The molecular weight excluding hydrogens is 673 g/mol. The van der Waals surface area contributed by atoms with Crippen LogP contribution in [0, 0.1) is 27.7 Å². The highest BCUT2D eigenvalue weighted by Crippen LogP contribution is 2.42. The fourth-order valence-corrected chi connectivity index (χ4v) is 8.37. The summed E-state index contributed by atoms with van der Waals surface area (Å²) in [5.41, 5.74) is 14.1. The molecule has 0 saturated carbocycles. The molecule has 0 aliphatic carbocycles. The van der Waals surface area contributed by atoms with Gasteiger partial charge in [-0.1, -0.05) is 80.4 Å². The van der Waals surface area contributed by atoms with Crippen LogP contribution in [-0.2, 0) is 5.41 Å². The molecule has 0 saturated heterocycles. The summed E-state index contributed by atoms with van der Waals surface area (Å²) in [4.78, 5) is 9.59. The fraction of sp³-hybridized carbons (Fsp3) is 0.180. The Bertz CT molecular complexity index is 2700. The molecule has 5 heteroatoms. The van der Waals surface area contributed by atoms with Crippen LogP contribution in [0.25, 0.3) is 44.4 Å². The van der Waals surface area contributed by atoms with Gasteiger partial charge in [0, 0.05) is 46.7 Å². The molecule has 2 aliphatic heterocycles. The summed E-state index contributed by atoms with van der Waals surface area (Å²) in [6, 6.07) is 39.3. The van der Waals surface area contributed by atoms with Gasteiger partial charge in [0.2, 0.25) is 0 Å². The zero-order valence-electron chi connectivity index (χ0n) is 32.6. The Morgan fingerprint density at radius 1 is 0.636 bits per heavy atom. The third-order valence-electron chi connectivity index (χ3n) is 11.0. The maximum Gasteiger partial charge on any atom is 0.137 e. The minimum atomic E-state index is -0.00613. The number of ether oxygens (including phenoxy) is 1. The Hall–Kier alpha value is -6.33. The van der Waals surface area contributed by atoms with Gasteiger partial charge in [-0.3, -0.25) is 4.57 Å². The molecule has 4 heterocycles. The molecule has 0 spiro atoms. The summed E-state index contributed by atoms with van der Waals surface area (Å²) in [5.74, 6) is 2.45. The molecule has 2 aliphatic rings. The second-order valence-electron chi connectivity index (χ2n) is 16.1. The molecule has 1 unspecified atom stereocenters. The SMILES string of the molecule is Cc1ccc(N2C=C(c3cc(Oc4ccc5c6ccccc6n(-c6cc(C(C)(C)C)ccn6)c5c4)cc(-c4c(C)cc(C)cc4C)c3)N3C=CC=CC32)cc1. The lowest BCUT2D eigenvalue weighted by Crippen LogP contribution is -2.36. The number of para-hydroxylation sites is 1. The summed E-state index contributed by atoms with van der Waals surface area (Å²) in [5, 5.41) is 2.35. The van der Waals surface area contributed by atoms with E-state index in [1.165, 1.54) is 38.8 Å². The Labute approximate surface area is 324 Å². The first-order chi connectivity index (χ1) is 26.5. The second-order valence-corrected chi connectivity index (χ2v) is 16.1. The molecule has 9 rings (SSSR count). The maximum absolute atomic E-state index is 6.95. The molecule has 0 fully saturated rings. The predicted octanol–water partition coefficient (Wildman–Crippen LogP) is 12.7. The van der Waals surface area contributed by atoms with Crippen molar-refractivity contribution in [2.75, 3.05) is 4.90 Å². The Balaban J connectivity index is 1.19. The number of rotatable bonds is 6. The van der Waals surface area contributed by atoms with Gasteiger partial charge in [-0.2, -0.15) is 0 Å². The van der Waals surface area contributed by atoms with E-state index in [-0.39, 0.29) is 11.6 Å². The zero-order valence-corrected chi connectivity index (χ0v) is 32.6. The average Bonchev–Trinajstić information content (AvgIpc) is 3.71. The largest absolute Gasteiger partial charge is 0.457 e. The molecule has 0 bridgehead atoms. The minimum Gasteiger partial charge on any atom is -0.457 e. The van der Waals surface area contributed by atoms with E-state index in [0.717, 1.165) is 56.2 Å². The van der Waals surface area contributed by atoms with Crippen molar-refractivity contribution in [1.82, 2.24) is 14.5 Å². The van der Waals surface area contributed by atoms with Gasteiger partial charge in [0.05, 0.1) is 16.7 Å². The van der Waals surface area contributed by atoms with Crippen molar-refractivity contribution in [1.29, 1.82) is 0 Å². The molecule has 2 aromatic heterocycles. The van der Waals surface area contributed by atoms with Crippen LogP contribution in [0.1, 0.15) is 54.2 Å². The molecular formula is C50H46N4O. The van der Waals surface area contributed by atoms with Crippen LogP contribution in [0.5, 0.6) is 11.5 Å². The Morgan fingerprint density at radius 3 is 2.16 bits per heavy atom. The first kappa shape index (κ1) is 34.4. The lowest BCUT2D eigenvalue weighted by molar-refractivity contribution is 0.470. The Kier molecular flexibility index (Phi) is 8.27. The highest BCUT2D eigenvalue weighted by atomic mass is 16.5. The molecule has 272 valence electrons. The van der Waals surface area contributed by atoms with Crippen LogP contribution in [0.15, 0.2) is 146 Å². The topological polar surface area (TPSA) is 33.5 Å². The Morgan fingerprint density at radius 2 is 1.38 bits per heavy atom. The van der Waals surface area contributed by atoms with Gasteiger partial charge >= 0.3 is 0 Å². The number of anilines is 1. The second kappa shape index (κ2) is 13.2. The number of nitrogens with zero attached hydrogens (tertiary/aromatic N) is 4. The molecule has 55 heavy (non-hydrogen) atoms. The van der Waals surface area contributed by atoms with E-state index in [0.29, 0.717) is 0 Å². The summed E-state index contributed by atoms with van der Waals surface area (Å²) < 4.78 is 9.22. The standard InChI is InChI=1S/C50H46N4O/c1-32-15-17-39(18-16-32)53-31-46(52-23-11-10-14-48(52)53)36-26-37(49-34(3)24-33(2)25-35(49)4)28-41(27-36)55-40-19-20-43-42-12-8-9-13-44(42)54(45(43)30-40)47-29-38(21-22-51-47)50(5,6)7/h8-31,48H,1-7H3. The van der Waals surface area contributed by atoms with E-state index in [9.17, 15) is 0 Å². The lowest BCUT2D eigenvalue weighted by Gasteiger charge is -2.31. The summed E-state index contributed by atoms with van der Waals surface area (Å²) in [6.07, 6.45) is 12.9. The number of aryl methyl sites for hydroxylation is 4. The molecule has 5 nitrogen and oxygen atoms in total. The van der Waals surface area contributed by atoms with E-state index in [4.69, 9.17) is 9.72 Å². The van der Waals surface area contributed by atoms with Gasteiger partial charge in [-0.25, -0.2) is 4.98 Å². The summed E-state index contributed by atoms with van der Waals surface area (Å²) >= 11 is 0. The molecule has 1 atom stereocenters. The number of hydrogen-bond donors (Lipinski definition) is 0. The molecule has 7 aromatic rings. The number of allylic oxidation sites excluding steroid dienone is 2. The van der Waals surface area contributed by atoms with E-state index in [1.54, 1.807) is 0 Å². The van der Waals surface area contributed by atoms with Crippen LogP contribution in [-0.4, -0.2) is 20.6 Å². The number of fused-ring (bicyclic) bond motifs is 4. The van der Waals surface area contributed by atoms with Crippen LogP contribution < -0.4 is 9.64 Å². The van der Waals surface area contributed by atoms with E-state index in [1.807, 2.05) is 6.20 Å². The normalized spacial score (nSPS) is 15.3.